The van der Waals surface area contributed by atoms with Crippen molar-refractivity contribution in [3.63, 3.8) is 0 Å². The molecule has 78 valence electrons. The molecule has 1 heterocycles. The van der Waals surface area contributed by atoms with E-state index in [0.29, 0.717) is 11.1 Å². The number of nitrogens with one attached hydrogen (secondary N) is 3. The van der Waals surface area contributed by atoms with Gasteiger partial charge in [-0.05, 0) is 12.1 Å². The molecule has 0 aliphatic rings. The zero-order valence-electron chi connectivity index (χ0n) is 7.96. The molecule has 0 amide bonds. The fourth-order valence-electron chi connectivity index (χ4n) is 1.42. The molecule has 0 fully saturated rings. The van der Waals surface area contributed by atoms with Crippen LogP contribution in [0.15, 0.2) is 27.8 Å². The van der Waals surface area contributed by atoms with Gasteiger partial charge in [-0.3, -0.25) is 30.1 Å². The molecular weight excluding hydrogens is 198 g/mol. The minimum Gasteiger partial charge on any atom is -0.279 e. The van der Waals surface area contributed by atoms with Crippen molar-refractivity contribution in [2.75, 3.05) is 12.6 Å². The third-order valence-corrected chi connectivity index (χ3v) is 2.04. The third kappa shape index (κ3) is 1.50. The predicted octanol–water partition coefficient (Wildman–Crippen LogP) is 0.190. The lowest BCUT2D eigenvalue weighted by Crippen LogP contribution is -2.20. The number of fused-ring (bicyclic) bond motifs is 1. The molecule has 1 aromatic heterocycles. The molecule has 0 aliphatic carbocycles. The van der Waals surface area contributed by atoms with Gasteiger partial charge in [0.25, 0.3) is 11.1 Å². The second-order valence-corrected chi connectivity index (χ2v) is 2.94. The summed E-state index contributed by atoms with van der Waals surface area (Å²) in [5.74, 6) is 0. The van der Waals surface area contributed by atoms with Crippen LogP contribution in [0.3, 0.4) is 0 Å². The van der Waals surface area contributed by atoms with E-state index >= 15 is 0 Å². The largest absolute Gasteiger partial charge is 0.279 e. The molecule has 6 heteroatoms. The quantitative estimate of drug-likeness (QED) is 0.613. The second-order valence-electron chi connectivity index (χ2n) is 2.94. The smallest absolute Gasteiger partial charge is 0.272 e. The number of H-pyrrole nitrogens is 2. The Hall–Kier alpha value is -2.08. The van der Waals surface area contributed by atoms with Crippen LogP contribution in [-0.2, 0) is 4.84 Å². The van der Waals surface area contributed by atoms with Gasteiger partial charge in [0.15, 0.2) is 0 Å². The number of aromatic amines is 2. The zero-order valence-corrected chi connectivity index (χ0v) is 7.96. The average Bonchev–Trinajstić information content (AvgIpc) is 2.24. The molecule has 0 bridgehead atoms. The normalized spacial score (nSPS) is 10.5. The summed E-state index contributed by atoms with van der Waals surface area (Å²) in [5, 5.41) is 5.10. The fraction of sp³-hybridized carbons (Fsp3) is 0.111. The van der Waals surface area contributed by atoms with E-state index < -0.39 is 0 Å². The first-order valence-electron chi connectivity index (χ1n) is 4.26. The van der Waals surface area contributed by atoms with E-state index in [0.717, 1.165) is 0 Å². The van der Waals surface area contributed by atoms with Crippen LogP contribution in [0.4, 0.5) is 5.69 Å². The summed E-state index contributed by atoms with van der Waals surface area (Å²) < 4.78 is 0. The minimum absolute atomic E-state index is 0.281. The van der Waals surface area contributed by atoms with E-state index in [9.17, 15) is 9.59 Å². The Balaban J connectivity index is 2.90. The molecule has 0 saturated heterocycles. The molecule has 6 nitrogen and oxygen atoms in total. The molecular formula is C9H9N3O3. The van der Waals surface area contributed by atoms with E-state index in [1.165, 1.54) is 7.11 Å². The number of anilines is 1. The van der Waals surface area contributed by atoms with Gasteiger partial charge in [0.05, 0.1) is 23.6 Å². The van der Waals surface area contributed by atoms with Crippen LogP contribution in [-0.4, -0.2) is 17.3 Å². The van der Waals surface area contributed by atoms with Crippen molar-refractivity contribution in [3.05, 3.63) is 38.9 Å². The zero-order chi connectivity index (χ0) is 10.8. The van der Waals surface area contributed by atoms with E-state index in [4.69, 9.17) is 4.84 Å². The van der Waals surface area contributed by atoms with Gasteiger partial charge in [-0.25, -0.2) is 0 Å². The minimum atomic E-state index is -0.371. The first-order valence-corrected chi connectivity index (χ1v) is 4.26. The van der Waals surface area contributed by atoms with Crippen LogP contribution in [0.5, 0.6) is 0 Å². The molecule has 0 radical (unpaired) electrons. The standard InChI is InChI=1S/C9H9N3O3/c1-15-12-6-4-2-3-5-7(6)9(14)11-10-8(5)13/h2-4,12H,1H3,(H,10,13)(H,11,14). The number of hydrogen-bond acceptors (Lipinski definition) is 4. The molecule has 3 N–H and O–H groups in total. The molecule has 2 aromatic rings. The molecule has 0 atom stereocenters. The Kier molecular flexibility index (Phi) is 2.26. The van der Waals surface area contributed by atoms with Crippen molar-refractivity contribution in [1.29, 1.82) is 0 Å². The molecule has 2 rings (SSSR count). The van der Waals surface area contributed by atoms with E-state index in [1.807, 2.05) is 0 Å². The van der Waals surface area contributed by atoms with Gasteiger partial charge >= 0.3 is 0 Å². The Morgan fingerprint density at radius 3 is 2.67 bits per heavy atom. The number of rotatable bonds is 2. The Labute approximate surface area is 83.8 Å². The van der Waals surface area contributed by atoms with Crippen molar-refractivity contribution in [2.45, 2.75) is 0 Å². The molecule has 0 spiro atoms. The summed E-state index contributed by atoms with van der Waals surface area (Å²) in [4.78, 5) is 27.6. The SMILES string of the molecule is CONc1cccc2c(=O)[nH][nH]c(=O)c12. The summed E-state index contributed by atoms with van der Waals surface area (Å²) in [5.41, 5.74) is 2.29. The molecule has 15 heavy (non-hydrogen) atoms. The molecule has 0 saturated carbocycles. The second kappa shape index (κ2) is 3.58. The fourth-order valence-corrected chi connectivity index (χ4v) is 1.42. The van der Waals surface area contributed by atoms with E-state index in [1.54, 1.807) is 18.2 Å². The Morgan fingerprint density at radius 1 is 1.20 bits per heavy atom. The highest BCUT2D eigenvalue weighted by Gasteiger charge is 2.07. The highest BCUT2D eigenvalue weighted by Crippen LogP contribution is 2.15. The summed E-state index contributed by atoms with van der Waals surface area (Å²) in [6.07, 6.45) is 0. The third-order valence-electron chi connectivity index (χ3n) is 2.04. The first kappa shape index (κ1) is 9.47. The maximum absolute atomic E-state index is 11.5. The highest BCUT2D eigenvalue weighted by atomic mass is 16.6. The number of hydrogen-bond donors (Lipinski definition) is 3. The molecule has 0 unspecified atom stereocenters. The van der Waals surface area contributed by atoms with Gasteiger partial charge in [-0.15, -0.1) is 0 Å². The predicted molar refractivity (Wildman–Crippen MR) is 55.8 cm³/mol. The van der Waals surface area contributed by atoms with Gasteiger partial charge in [0.2, 0.25) is 0 Å². The lowest BCUT2D eigenvalue weighted by atomic mass is 10.1. The molecule has 1 aromatic carbocycles. The first-order chi connectivity index (χ1) is 7.24. The van der Waals surface area contributed by atoms with Crippen molar-refractivity contribution in [1.82, 2.24) is 10.2 Å². The van der Waals surface area contributed by atoms with E-state index in [2.05, 4.69) is 15.7 Å². The van der Waals surface area contributed by atoms with Crippen LogP contribution in [0.25, 0.3) is 10.8 Å². The van der Waals surface area contributed by atoms with Gasteiger partial charge in [-0.2, -0.15) is 0 Å². The van der Waals surface area contributed by atoms with Gasteiger partial charge in [0.1, 0.15) is 0 Å². The maximum atomic E-state index is 11.5. The van der Waals surface area contributed by atoms with Gasteiger partial charge < -0.3 is 0 Å². The Morgan fingerprint density at radius 2 is 1.93 bits per heavy atom. The monoisotopic (exact) mass is 207 g/mol. The summed E-state index contributed by atoms with van der Waals surface area (Å²) in [6.45, 7) is 0. The molecule has 0 aliphatic heterocycles. The van der Waals surface area contributed by atoms with E-state index in [-0.39, 0.29) is 16.5 Å². The average molecular weight is 207 g/mol. The van der Waals surface area contributed by atoms with Gasteiger partial charge in [0, 0.05) is 0 Å². The van der Waals surface area contributed by atoms with Crippen LogP contribution >= 0.6 is 0 Å². The summed E-state index contributed by atoms with van der Waals surface area (Å²) in [6, 6.07) is 4.89. The van der Waals surface area contributed by atoms with Crippen molar-refractivity contribution < 1.29 is 4.84 Å². The van der Waals surface area contributed by atoms with Gasteiger partial charge in [-0.1, -0.05) is 6.07 Å². The van der Waals surface area contributed by atoms with Crippen LogP contribution in [0.1, 0.15) is 0 Å². The Bertz CT molecular complexity index is 599. The lowest BCUT2D eigenvalue weighted by molar-refractivity contribution is 0.271. The van der Waals surface area contributed by atoms with Crippen LogP contribution < -0.4 is 16.6 Å². The van der Waals surface area contributed by atoms with Crippen LogP contribution in [0.2, 0.25) is 0 Å². The van der Waals surface area contributed by atoms with Crippen molar-refractivity contribution >= 4 is 16.5 Å². The summed E-state index contributed by atoms with van der Waals surface area (Å²) in [7, 11) is 1.43. The highest BCUT2D eigenvalue weighted by molar-refractivity contribution is 5.91. The number of aromatic nitrogens is 2. The maximum Gasteiger partial charge on any atom is 0.272 e. The lowest BCUT2D eigenvalue weighted by Gasteiger charge is -2.05. The van der Waals surface area contributed by atoms with Crippen LogP contribution in [0, 0.1) is 0 Å². The van der Waals surface area contributed by atoms with Crippen molar-refractivity contribution in [3.8, 4) is 0 Å². The van der Waals surface area contributed by atoms with Crippen molar-refractivity contribution in [2.24, 2.45) is 0 Å². The summed E-state index contributed by atoms with van der Waals surface area (Å²) >= 11 is 0. The number of benzene rings is 1. The topological polar surface area (TPSA) is 87.0 Å².